The van der Waals surface area contributed by atoms with Crippen LogP contribution in [0.3, 0.4) is 0 Å². The second kappa shape index (κ2) is 6.08. The monoisotopic (exact) mass is 214 g/mol. The molecule has 4 nitrogen and oxygen atoms in total. The van der Waals surface area contributed by atoms with Gasteiger partial charge in [0.1, 0.15) is 6.10 Å². The first-order valence-electron chi connectivity index (χ1n) is 5.75. The minimum absolute atomic E-state index is 0.118. The van der Waals surface area contributed by atoms with Crippen LogP contribution in [-0.2, 0) is 9.53 Å². The minimum Gasteiger partial charge on any atom is -0.366 e. The number of carbonyl (C=O) groups excluding carboxylic acids is 1. The first kappa shape index (κ1) is 12.5. The molecule has 1 aliphatic heterocycles. The predicted octanol–water partition coefficient (Wildman–Crippen LogP) is 0.609. The topological polar surface area (TPSA) is 55.6 Å². The van der Waals surface area contributed by atoms with Gasteiger partial charge in [0.05, 0.1) is 6.61 Å². The summed E-state index contributed by atoms with van der Waals surface area (Å²) in [5, 5.41) is 0. The van der Waals surface area contributed by atoms with E-state index in [0.717, 1.165) is 19.5 Å². The lowest BCUT2D eigenvalue weighted by Gasteiger charge is -2.32. The molecule has 0 aliphatic carbocycles. The highest BCUT2D eigenvalue weighted by molar-refractivity contribution is 5.81. The highest BCUT2D eigenvalue weighted by Crippen LogP contribution is 2.12. The van der Waals surface area contributed by atoms with Gasteiger partial charge in [-0.05, 0) is 25.3 Å². The fourth-order valence-corrected chi connectivity index (χ4v) is 1.68. The van der Waals surface area contributed by atoms with Crippen molar-refractivity contribution in [2.24, 2.45) is 11.7 Å². The molecule has 0 aromatic heterocycles. The van der Waals surface area contributed by atoms with Gasteiger partial charge in [0, 0.05) is 13.1 Å². The number of hydrogen-bond acceptors (Lipinski definition) is 3. The Labute approximate surface area is 91.8 Å². The predicted molar refractivity (Wildman–Crippen MR) is 59.4 cm³/mol. The first-order valence-corrected chi connectivity index (χ1v) is 5.75. The molecular weight excluding hydrogens is 192 g/mol. The van der Waals surface area contributed by atoms with Crippen molar-refractivity contribution >= 4 is 5.91 Å². The van der Waals surface area contributed by atoms with E-state index < -0.39 is 0 Å². The van der Waals surface area contributed by atoms with E-state index in [9.17, 15) is 4.79 Å². The summed E-state index contributed by atoms with van der Waals surface area (Å²) in [5.41, 5.74) is 5.44. The van der Waals surface area contributed by atoms with Gasteiger partial charge in [-0.1, -0.05) is 13.8 Å². The molecule has 0 aromatic carbocycles. The van der Waals surface area contributed by atoms with E-state index in [1.165, 1.54) is 0 Å². The van der Waals surface area contributed by atoms with Crippen LogP contribution in [0, 0.1) is 5.92 Å². The molecule has 0 saturated carbocycles. The summed E-state index contributed by atoms with van der Waals surface area (Å²) >= 11 is 0. The number of ether oxygens (including phenoxy) is 1. The zero-order valence-electron chi connectivity index (χ0n) is 9.74. The third-order valence-electron chi connectivity index (χ3n) is 2.67. The SMILES string of the molecule is CC(C)CCN1CCOC(CCN)C1=O. The maximum absolute atomic E-state index is 11.9. The molecule has 0 radical (unpaired) electrons. The quantitative estimate of drug-likeness (QED) is 0.729. The molecule has 1 rings (SSSR count). The number of hydrogen-bond donors (Lipinski definition) is 1. The Balaban J connectivity index is 2.40. The van der Waals surface area contributed by atoms with Crippen LogP contribution in [0.4, 0.5) is 0 Å². The van der Waals surface area contributed by atoms with Crippen LogP contribution in [0.15, 0.2) is 0 Å². The molecule has 15 heavy (non-hydrogen) atoms. The molecule has 1 fully saturated rings. The van der Waals surface area contributed by atoms with E-state index in [1.54, 1.807) is 0 Å². The molecule has 2 N–H and O–H groups in total. The largest absolute Gasteiger partial charge is 0.366 e. The first-order chi connectivity index (χ1) is 7.15. The lowest BCUT2D eigenvalue weighted by molar-refractivity contribution is -0.153. The average molecular weight is 214 g/mol. The Morgan fingerprint density at radius 2 is 2.33 bits per heavy atom. The Kier molecular flexibility index (Phi) is 5.05. The lowest BCUT2D eigenvalue weighted by Crippen LogP contribution is -2.48. The number of nitrogens with zero attached hydrogens (tertiary/aromatic N) is 1. The van der Waals surface area contributed by atoms with E-state index in [-0.39, 0.29) is 12.0 Å². The average Bonchev–Trinajstić information content (AvgIpc) is 2.19. The summed E-state index contributed by atoms with van der Waals surface area (Å²) < 4.78 is 5.40. The summed E-state index contributed by atoms with van der Waals surface area (Å²) in [4.78, 5) is 13.8. The maximum atomic E-state index is 11.9. The normalized spacial score (nSPS) is 22.5. The number of rotatable bonds is 5. The van der Waals surface area contributed by atoms with Crippen molar-refractivity contribution in [3.63, 3.8) is 0 Å². The van der Waals surface area contributed by atoms with Crippen LogP contribution in [-0.4, -0.2) is 43.2 Å². The van der Waals surface area contributed by atoms with Gasteiger partial charge in [-0.3, -0.25) is 4.79 Å². The second-order valence-electron chi connectivity index (χ2n) is 4.44. The lowest BCUT2D eigenvalue weighted by atomic mass is 10.1. The Bertz CT molecular complexity index is 205. The van der Waals surface area contributed by atoms with Gasteiger partial charge in [-0.2, -0.15) is 0 Å². The number of amides is 1. The molecule has 0 spiro atoms. The summed E-state index contributed by atoms with van der Waals surface area (Å²) in [6.07, 6.45) is 1.40. The van der Waals surface area contributed by atoms with Gasteiger partial charge in [0.15, 0.2) is 0 Å². The molecule has 1 heterocycles. The van der Waals surface area contributed by atoms with Gasteiger partial charge in [-0.15, -0.1) is 0 Å². The third-order valence-corrected chi connectivity index (χ3v) is 2.67. The Morgan fingerprint density at radius 3 is 2.93 bits per heavy atom. The second-order valence-corrected chi connectivity index (χ2v) is 4.44. The zero-order valence-corrected chi connectivity index (χ0v) is 9.74. The van der Waals surface area contributed by atoms with Crippen LogP contribution in [0.1, 0.15) is 26.7 Å². The van der Waals surface area contributed by atoms with E-state index in [1.807, 2.05) is 4.90 Å². The number of nitrogens with two attached hydrogens (primary N) is 1. The van der Waals surface area contributed by atoms with Gasteiger partial charge >= 0.3 is 0 Å². The minimum atomic E-state index is -0.295. The van der Waals surface area contributed by atoms with Crippen molar-refractivity contribution in [3.05, 3.63) is 0 Å². The summed E-state index contributed by atoms with van der Waals surface area (Å²) in [6.45, 7) is 7.07. The van der Waals surface area contributed by atoms with Crippen LogP contribution in [0.2, 0.25) is 0 Å². The Morgan fingerprint density at radius 1 is 1.60 bits per heavy atom. The van der Waals surface area contributed by atoms with Gasteiger partial charge in [0.25, 0.3) is 5.91 Å². The molecule has 1 saturated heterocycles. The van der Waals surface area contributed by atoms with E-state index >= 15 is 0 Å². The molecule has 88 valence electrons. The molecule has 1 unspecified atom stereocenters. The molecule has 0 aromatic rings. The van der Waals surface area contributed by atoms with Crippen molar-refractivity contribution in [1.29, 1.82) is 0 Å². The highest BCUT2D eigenvalue weighted by Gasteiger charge is 2.28. The fourth-order valence-electron chi connectivity index (χ4n) is 1.68. The number of morpholine rings is 1. The molecule has 1 aliphatic rings. The highest BCUT2D eigenvalue weighted by atomic mass is 16.5. The molecular formula is C11H22N2O2. The molecule has 4 heteroatoms. The van der Waals surface area contributed by atoms with Gasteiger partial charge in [0.2, 0.25) is 0 Å². The summed E-state index contributed by atoms with van der Waals surface area (Å²) in [5.74, 6) is 0.751. The van der Waals surface area contributed by atoms with Crippen LogP contribution in [0.5, 0.6) is 0 Å². The van der Waals surface area contributed by atoms with Crippen molar-refractivity contribution < 1.29 is 9.53 Å². The fraction of sp³-hybridized carbons (Fsp3) is 0.909. The van der Waals surface area contributed by atoms with Crippen LogP contribution < -0.4 is 5.73 Å². The Hall–Kier alpha value is -0.610. The smallest absolute Gasteiger partial charge is 0.251 e. The maximum Gasteiger partial charge on any atom is 0.251 e. The van der Waals surface area contributed by atoms with Crippen molar-refractivity contribution in [1.82, 2.24) is 4.90 Å². The van der Waals surface area contributed by atoms with E-state index in [0.29, 0.717) is 25.5 Å². The summed E-state index contributed by atoms with van der Waals surface area (Å²) in [7, 11) is 0. The van der Waals surface area contributed by atoms with Gasteiger partial charge < -0.3 is 15.4 Å². The van der Waals surface area contributed by atoms with Crippen molar-refractivity contribution in [2.45, 2.75) is 32.8 Å². The van der Waals surface area contributed by atoms with Crippen molar-refractivity contribution in [3.8, 4) is 0 Å². The summed E-state index contributed by atoms with van der Waals surface area (Å²) in [6, 6.07) is 0. The number of carbonyl (C=O) groups is 1. The molecule has 1 amide bonds. The zero-order chi connectivity index (χ0) is 11.3. The standard InChI is InChI=1S/C11H22N2O2/c1-9(2)4-6-13-7-8-15-10(3-5-12)11(13)14/h9-10H,3-8,12H2,1-2H3. The third kappa shape index (κ3) is 3.80. The molecule has 1 atom stereocenters. The van der Waals surface area contributed by atoms with Crippen LogP contribution in [0.25, 0.3) is 0 Å². The van der Waals surface area contributed by atoms with Gasteiger partial charge in [-0.25, -0.2) is 0 Å². The van der Waals surface area contributed by atoms with E-state index in [2.05, 4.69) is 13.8 Å². The van der Waals surface area contributed by atoms with E-state index in [4.69, 9.17) is 10.5 Å². The van der Waals surface area contributed by atoms with Crippen molar-refractivity contribution in [2.75, 3.05) is 26.2 Å². The van der Waals surface area contributed by atoms with Crippen LogP contribution >= 0.6 is 0 Å². The molecule has 0 bridgehead atoms.